The third-order valence-corrected chi connectivity index (χ3v) is 10.7. The molecule has 3 rings (SSSR count). The summed E-state index contributed by atoms with van der Waals surface area (Å²) in [4.78, 5) is 75.7. The van der Waals surface area contributed by atoms with Gasteiger partial charge in [0.05, 0.1) is 44.3 Å². The summed E-state index contributed by atoms with van der Waals surface area (Å²) in [5.41, 5.74) is 3.60. The Kier molecular flexibility index (Phi) is 22.9. The number of aldehydes is 2. The maximum Gasteiger partial charge on any atom is 0.251 e. The van der Waals surface area contributed by atoms with Crippen LogP contribution in [0.5, 0.6) is 5.75 Å². The predicted octanol–water partition coefficient (Wildman–Crippen LogP) is 4.90. The molecule has 2 unspecified atom stereocenters. The van der Waals surface area contributed by atoms with E-state index in [1.165, 1.54) is 0 Å². The highest BCUT2D eigenvalue weighted by molar-refractivity contribution is 6.01. The van der Waals surface area contributed by atoms with Crippen molar-refractivity contribution in [3.8, 4) is 17.6 Å². The van der Waals surface area contributed by atoms with Crippen LogP contribution in [0.2, 0.25) is 0 Å². The van der Waals surface area contributed by atoms with E-state index in [1.807, 2.05) is 43.8 Å². The van der Waals surface area contributed by atoms with Gasteiger partial charge in [0.15, 0.2) is 5.84 Å². The van der Waals surface area contributed by atoms with Crippen molar-refractivity contribution in [2.24, 2.45) is 9.98 Å². The summed E-state index contributed by atoms with van der Waals surface area (Å²) in [6, 6.07) is 9.77. The predicted molar refractivity (Wildman–Crippen MR) is 244 cm³/mol. The molecule has 0 aliphatic heterocycles. The first-order chi connectivity index (χ1) is 30.1. The number of carbonyl (C=O) groups is 5. The van der Waals surface area contributed by atoms with Crippen molar-refractivity contribution in [1.82, 2.24) is 30.7 Å². The van der Waals surface area contributed by atoms with Crippen molar-refractivity contribution in [3.05, 3.63) is 70.5 Å². The number of carbonyl (C=O) groups excluding carboxylic acids is 5. The normalized spacial score (nSPS) is 14.0. The standard InChI is InChI=1S/C47H66N8O7/c1-8-16-42(47(60)51-34-58)54(6)31-40-35(18-14-19-37(40)32-56)17-12-13-27-62-28-26-49-24-15-25-50-46(59)36-22-23-41(44(29-36)61-7)52-45(43(30-48-3)53(4)5)55(38(9-2)33-57)39-20-10-11-21-39/h14,18-19,22-23,29-30,32-34,38-39,42,49H,3,8-11,13,15-16,20-21,24-28,31H2,1-2,4-7H3,(H,50,59)(H,51,58,60)/b43-30+,52-45+. The van der Waals surface area contributed by atoms with Crippen LogP contribution in [0.25, 0.3) is 0 Å². The molecule has 1 fully saturated rings. The third kappa shape index (κ3) is 15.3. The number of amides is 3. The van der Waals surface area contributed by atoms with Crippen LogP contribution in [0.3, 0.4) is 0 Å². The second kappa shape index (κ2) is 28.0. The minimum Gasteiger partial charge on any atom is -0.494 e. The van der Waals surface area contributed by atoms with E-state index < -0.39 is 6.04 Å². The first-order valence-electron chi connectivity index (χ1n) is 21.5. The second-order valence-electron chi connectivity index (χ2n) is 15.2. The molecule has 0 saturated heterocycles. The van der Waals surface area contributed by atoms with Crippen LogP contribution in [-0.4, -0.2) is 137 Å². The van der Waals surface area contributed by atoms with Crippen LogP contribution < -0.4 is 20.7 Å². The highest BCUT2D eigenvalue weighted by Crippen LogP contribution is 2.33. The Morgan fingerprint density at radius 2 is 1.81 bits per heavy atom. The summed E-state index contributed by atoms with van der Waals surface area (Å²) < 4.78 is 11.5. The van der Waals surface area contributed by atoms with Gasteiger partial charge >= 0.3 is 0 Å². The Morgan fingerprint density at radius 1 is 1.03 bits per heavy atom. The third-order valence-electron chi connectivity index (χ3n) is 10.7. The molecule has 2 atom stereocenters. The number of ether oxygens (including phenoxy) is 2. The van der Waals surface area contributed by atoms with Crippen molar-refractivity contribution in [3.63, 3.8) is 0 Å². The fourth-order valence-corrected chi connectivity index (χ4v) is 7.39. The van der Waals surface area contributed by atoms with Crippen LogP contribution in [0, 0.1) is 11.8 Å². The first kappa shape index (κ1) is 50.7. The molecule has 0 aromatic heterocycles. The number of aliphatic imine (C=N–C) groups is 2. The van der Waals surface area contributed by atoms with Gasteiger partial charge in [0.1, 0.15) is 24.0 Å². The molecule has 62 heavy (non-hydrogen) atoms. The number of benzene rings is 2. The van der Waals surface area contributed by atoms with Crippen molar-refractivity contribution in [1.29, 1.82) is 0 Å². The number of hydrogen-bond acceptors (Lipinski definition) is 12. The average molecular weight is 855 g/mol. The van der Waals surface area contributed by atoms with Gasteiger partial charge in [-0.1, -0.05) is 57.1 Å². The topological polar surface area (TPSA) is 174 Å². The van der Waals surface area contributed by atoms with E-state index in [1.54, 1.807) is 50.7 Å². The monoisotopic (exact) mass is 855 g/mol. The van der Waals surface area contributed by atoms with Crippen molar-refractivity contribution in [2.45, 2.75) is 96.3 Å². The van der Waals surface area contributed by atoms with Gasteiger partial charge in [0.2, 0.25) is 12.3 Å². The molecule has 2 aromatic rings. The molecule has 0 heterocycles. The fourth-order valence-electron chi connectivity index (χ4n) is 7.39. The first-order valence-corrected chi connectivity index (χ1v) is 21.5. The van der Waals surface area contributed by atoms with E-state index in [-0.39, 0.29) is 23.9 Å². The zero-order valence-electron chi connectivity index (χ0n) is 37.4. The van der Waals surface area contributed by atoms with Crippen molar-refractivity contribution < 1.29 is 33.4 Å². The summed E-state index contributed by atoms with van der Waals surface area (Å²) in [7, 11) is 7.14. The molecule has 0 radical (unpaired) electrons. The summed E-state index contributed by atoms with van der Waals surface area (Å²) in [6.07, 6.45) is 11.0. The zero-order valence-corrected chi connectivity index (χ0v) is 37.4. The lowest BCUT2D eigenvalue weighted by molar-refractivity contribution is -0.129. The zero-order chi connectivity index (χ0) is 45.3. The molecule has 15 nitrogen and oxygen atoms in total. The quantitative estimate of drug-likeness (QED) is 0.0367. The number of nitrogens with one attached hydrogen (secondary N) is 3. The van der Waals surface area contributed by atoms with Crippen LogP contribution >= 0.6 is 0 Å². The van der Waals surface area contributed by atoms with Gasteiger partial charge in [-0.25, -0.2) is 4.99 Å². The molecule has 1 aliphatic carbocycles. The highest BCUT2D eigenvalue weighted by Gasteiger charge is 2.33. The summed E-state index contributed by atoms with van der Waals surface area (Å²) in [6.45, 7) is 10.7. The van der Waals surface area contributed by atoms with Crippen molar-refractivity contribution in [2.75, 3.05) is 61.1 Å². The van der Waals surface area contributed by atoms with Gasteiger partial charge in [-0.05, 0) is 82.2 Å². The largest absolute Gasteiger partial charge is 0.494 e. The van der Waals surface area contributed by atoms with Crippen LogP contribution in [0.4, 0.5) is 5.69 Å². The lowest BCUT2D eigenvalue weighted by atomic mass is 10.00. The number of methoxy groups -OCH3 is 1. The molecule has 336 valence electrons. The van der Waals surface area contributed by atoms with Gasteiger partial charge in [0.25, 0.3) is 5.91 Å². The lowest BCUT2D eigenvalue weighted by Gasteiger charge is -2.38. The maximum atomic E-state index is 13.1. The Morgan fingerprint density at radius 3 is 2.45 bits per heavy atom. The summed E-state index contributed by atoms with van der Waals surface area (Å²) >= 11 is 0. The molecular formula is C47H66N8O7. The number of hydrogen-bond donors (Lipinski definition) is 3. The van der Waals surface area contributed by atoms with Gasteiger partial charge in [-0.2, -0.15) is 0 Å². The minimum atomic E-state index is -0.523. The fraction of sp³-hybridized carbons (Fsp3) is 0.511. The van der Waals surface area contributed by atoms with Gasteiger partial charge < -0.3 is 34.7 Å². The maximum absolute atomic E-state index is 13.1. The smallest absolute Gasteiger partial charge is 0.251 e. The number of imide groups is 1. The SMILES string of the molecule is C=N/C=C(\C(=N/c1ccc(C(=O)NCCCNCCOCCC#Cc2cccc(C=O)c2CN(C)C(CCC)C(=O)NC=O)cc1OC)N(C(C=O)CC)C1CCCC1)N(C)C. The van der Waals surface area contributed by atoms with Crippen LogP contribution in [0.1, 0.15) is 103 Å². The Bertz CT molecular complexity index is 1910. The minimum absolute atomic E-state index is 0.148. The van der Waals surface area contributed by atoms with Crippen LogP contribution in [-0.2, 0) is 25.7 Å². The average Bonchev–Trinajstić information content (AvgIpc) is 3.81. The molecule has 1 aliphatic rings. The van der Waals surface area contributed by atoms with Gasteiger partial charge in [-0.3, -0.25) is 34.4 Å². The van der Waals surface area contributed by atoms with Crippen molar-refractivity contribution >= 4 is 49.0 Å². The Hall–Kier alpha value is -5.69. The number of likely N-dealkylation sites (N-methyl/N-ethyl adjacent to an activating group) is 2. The molecule has 3 N–H and O–H groups in total. The van der Waals surface area contributed by atoms with E-state index in [9.17, 15) is 24.0 Å². The molecule has 1 saturated carbocycles. The van der Waals surface area contributed by atoms with E-state index in [0.717, 1.165) is 50.2 Å². The second-order valence-corrected chi connectivity index (χ2v) is 15.2. The number of nitrogens with zero attached hydrogens (tertiary/aromatic N) is 5. The van der Waals surface area contributed by atoms with E-state index in [0.29, 0.717) is 111 Å². The number of amidine groups is 1. The van der Waals surface area contributed by atoms with Crippen LogP contribution in [0.15, 0.2) is 58.3 Å². The Labute approximate surface area is 367 Å². The van der Waals surface area contributed by atoms with E-state index >= 15 is 0 Å². The van der Waals surface area contributed by atoms with Gasteiger partial charge in [-0.15, -0.1) is 0 Å². The lowest BCUT2D eigenvalue weighted by Crippen LogP contribution is -2.49. The molecular weight excluding hydrogens is 789 g/mol. The highest BCUT2D eigenvalue weighted by atomic mass is 16.5. The Balaban J connectivity index is 1.50. The van der Waals surface area contributed by atoms with E-state index in [2.05, 4.69) is 44.4 Å². The molecule has 15 heteroatoms. The molecule has 0 spiro atoms. The molecule has 3 amide bonds. The molecule has 2 aromatic carbocycles. The summed E-state index contributed by atoms with van der Waals surface area (Å²) in [5, 5.41) is 8.54. The van der Waals surface area contributed by atoms with E-state index in [4.69, 9.17) is 14.5 Å². The number of rotatable bonds is 27. The summed E-state index contributed by atoms with van der Waals surface area (Å²) in [5.74, 6) is 6.71. The van der Waals surface area contributed by atoms with Gasteiger partial charge in [0, 0.05) is 62.9 Å². The molecule has 0 bridgehead atoms.